The van der Waals surface area contributed by atoms with Crippen molar-refractivity contribution in [2.75, 3.05) is 0 Å². The lowest BCUT2D eigenvalue weighted by Gasteiger charge is -2.21. The van der Waals surface area contributed by atoms with Crippen molar-refractivity contribution >= 4 is 10.8 Å². The minimum Gasteiger partial charge on any atom is -0.322 e. The van der Waals surface area contributed by atoms with Gasteiger partial charge in [-0.05, 0) is 42.7 Å². The van der Waals surface area contributed by atoms with Crippen LogP contribution in [-0.2, 0) is 5.54 Å². The Kier molecular flexibility index (Phi) is 4.77. The molecular weight excluding hydrogens is 254 g/mol. The Morgan fingerprint density at radius 3 is 1.38 bits per heavy atom. The molecule has 3 aromatic carbocycles. The van der Waals surface area contributed by atoms with Crippen LogP contribution < -0.4 is 5.73 Å². The van der Waals surface area contributed by atoms with Gasteiger partial charge in [-0.1, -0.05) is 72.8 Å². The molecule has 1 nitrogen and oxygen atoms in total. The Balaban J connectivity index is 0.000000154. The number of aryl methyl sites for hydroxylation is 1. The molecule has 0 bridgehead atoms. The van der Waals surface area contributed by atoms with Crippen LogP contribution in [0.15, 0.2) is 72.8 Å². The third-order valence-electron chi connectivity index (χ3n) is 3.50. The molecule has 21 heavy (non-hydrogen) atoms. The van der Waals surface area contributed by atoms with Gasteiger partial charge in [-0.25, -0.2) is 0 Å². The standard InChI is InChI=1S/C10H15N.C10H8/c1-8-6-4-5-7-9(8)10(2,3)11;1-2-6-10-8-4-3-7-9(10)5-1/h4-7H,11H2,1-3H3;1-8H. The predicted octanol–water partition coefficient (Wildman–Crippen LogP) is 5.03. The van der Waals surface area contributed by atoms with Gasteiger partial charge in [0.1, 0.15) is 0 Å². The van der Waals surface area contributed by atoms with E-state index in [1.807, 2.05) is 26.0 Å². The minimum absolute atomic E-state index is 0.217. The highest BCUT2D eigenvalue weighted by Crippen LogP contribution is 2.19. The lowest BCUT2D eigenvalue weighted by atomic mass is 9.92. The van der Waals surface area contributed by atoms with Crippen molar-refractivity contribution < 1.29 is 0 Å². The maximum Gasteiger partial charge on any atom is 0.0355 e. The lowest BCUT2D eigenvalue weighted by molar-refractivity contribution is 0.551. The van der Waals surface area contributed by atoms with Crippen LogP contribution in [0.1, 0.15) is 25.0 Å². The van der Waals surface area contributed by atoms with Crippen LogP contribution in [0.2, 0.25) is 0 Å². The molecule has 0 spiro atoms. The van der Waals surface area contributed by atoms with Gasteiger partial charge in [0.2, 0.25) is 0 Å². The van der Waals surface area contributed by atoms with Crippen molar-refractivity contribution in [2.24, 2.45) is 5.73 Å². The Morgan fingerprint density at radius 2 is 1.05 bits per heavy atom. The van der Waals surface area contributed by atoms with Crippen molar-refractivity contribution in [1.29, 1.82) is 0 Å². The number of benzene rings is 3. The second-order valence-electron chi connectivity index (χ2n) is 5.88. The van der Waals surface area contributed by atoms with Gasteiger partial charge in [0, 0.05) is 5.54 Å². The van der Waals surface area contributed by atoms with Crippen molar-refractivity contribution in [3.63, 3.8) is 0 Å². The molecule has 0 aliphatic carbocycles. The summed E-state index contributed by atoms with van der Waals surface area (Å²) < 4.78 is 0. The highest BCUT2D eigenvalue weighted by Gasteiger charge is 2.14. The van der Waals surface area contributed by atoms with Gasteiger partial charge in [0.05, 0.1) is 0 Å². The summed E-state index contributed by atoms with van der Waals surface area (Å²) >= 11 is 0. The maximum atomic E-state index is 5.96. The molecule has 0 atom stereocenters. The highest BCUT2D eigenvalue weighted by atomic mass is 14.7. The van der Waals surface area contributed by atoms with E-state index in [9.17, 15) is 0 Å². The fourth-order valence-corrected chi connectivity index (χ4v) is 2.43. The fraction of sp³-hybridized carbons (Fsp3) is 0.200. The molecule has 0 heterocycles. The summed E-state index contributed by atoms with van der Waals surface area (Å²) in [4.78, 5) is 0. The van der Waals surface area contributed by atoms with E-state index in [4.69, 9.17) is 5.73 Å². The SMILES string of the molecule is Cc1ccccc1C(C)(C)N.c1ccc2ccccc2c1. The quantitative estimate of drug-likeness (QED) is 0.663. The first-order valence-electron chi connectivity index (χ1n) is 7.27. The number of hydrogen-bond acceptors (Lipinski definition) is 1. The average Bonchev–Trinajstić information content (AvgIpc) is 2.47. The van der Waals surface area contributed by atoms with E-state index in [2.05, 4.69) is 67.6 Å². The van der Waals surface area contributed by atoms with Gasteiger partial charge < -0.3 is 5.73 Å². The van der Waals surface area contributed by atoms with E-state index < -0.39 is 0 Å². The first-order chi connectivity index (χ1) is 9.98. The molecule has 3 aromatic rings. The summed E-state index contributed by atoms with van der Waals surface area (Å²) in [7, 11) is 0. The zero-order valence-corrected chi connectivity index (χ0v) is 13.0. The topological polar surface area (TPSA) is 26.0 Å². The zero-order chi connectivity index (χ0) is 15.3. The van der Waals surface area contributed by atoms with E-state index in [0.29, 0.717) is 0 Å². The third kappa shape index (κ3) is 4.17. The molecule has 0 saturated heterocycles. The molecule has 0 aromatic heterocycles. The lowest BCUT2D eigenvalue weighted by Crippen LogP contribution is -2.29. The van der Waals surface area contributed by atoms with Crippen LogP contribution in [0.4, 0.5) is 0 Å². The summed E-state index contributed by atoms with van der Waals surface area (Å²) in [5, 5.41) is 2.62. The summed E-state index contributed by atoms with van der Waals surface area (Å²) in [6.07, 6.45) is 0. The van der Waals surface area contributed by atoms with Crippen LogP contribution >= 0.6 is 0 Å². The highest BCUT2D eigenvalue weighted by molar-refractivity contribution is 5.81. The van der Waals surface area contributed by atoms with E-state index in [-0.39, 0.29) is 5.54 Å². The first kappa shape index (κ1) is 15.3. The van der Waals surface area contributed by atoms with Gasteiger partial charge in [0.25, 0.3) is 0 Å². The molecule has 108 valence electrons. The van der Waals surface area contributed by atoms with Crippen molar-refractivity contribution in [3.8, 4) is 0 Å². The van der Waals surface area contributed by atoms with Gasteiger partial charge in [-0.15, -0.1) is 0 Å². The molecule has 0 unspecified atom stereocenters. The van der Waals surface area contributed by atoms with Crippen LogP contribution in [0.5, 0.6) is 0 Å². The second kappa shape index (κ2) is 6.55. The van der Waals surface area contributed by atoms with Crippen LogP contribution in [0.25, 0.3) is 10.8 Å². The monoisotopic (exact) mass is 277 g/mol. The molecule has 0 radical (unpaired) electrons. The van der Waals surface area contributed by atoms with Gasteiger partial charge in [-0.3, -0.25) is 0 Å². The predicted molar refractivity (Wildman–Crippen MR) is 92.3 cm³/mol. The van der Waals surface area contributed by atoms with Crippen LogP contribution in [0, 0.1) is 6.92 Å². The first-order valence-corrected chi connectivity index (χ1v) is 7.27. The molecule has 2 N–H and O–H groups in total. The normalized spacial score (nSPS) is 10.9. The Hall–Kier alpha value is -2.12. The summed E-state index contributed by atoms with van der Waals surface area (Å²) in [6.45, 7) is 6.13. The molecule has 0 aliphatic rings. The summed E-state index contributed by atoms with van der Waals surface area (Å²) in [6, 6.07) is 24.9. The summed E-state index contributed by atoms with van der Waals surface area (Å²) in [5.74, 6) is 0. The van der Waals surface area contributed by atoms with Crippen LogP contribution in [-0.4, -0.2) is 0 Å². The zero-order valence-electron chi connectivity index (χ0n) is 13.0. The Labute approximate surface area is 127 Å². The molecule has 0 saturated carbocycles. The third-order valence-corrected chi connectivity index (χ3v) is 3.50. The minimum atomic E-state index is -0.217. The smallest absolute Gasteiger partial charge is 0.0355 e. The molecule has 1 heteroatoms. The van der Waals surface area contributed by atoms with Crippen LogP contribution in [0.3, 0.4) is 0 Å². The van der Waals surface area contributed by atoms with E-state index in [1.165, 1.54) is 21.9 Å². The summed E-state index contributed by atoms with van der Waals surface area (Å²) in [5.41, 5.74) is 8.23. The number of rotatable bonds is 1. The van der Waals surface area contributed by atoms with E-state index >= 15 is 0 Å². The molecule has 0 amide bonds. The van der Waals surface area contributed by atoms with Gasteiger partial charge in [-0.2, -0.15) is 0 Å². The molecule has 3 rings (SSSR count). The number of fused-ring (bicyclic) bond motifs is 1. The average molecular weight is 277 g/mol. The fourth-order valence-electron chi connectivity index (χ4n) is 2.43. The Morgan fingerprint density at radius 1 is 0.667 bits per heavy atom. The van der Waals surface area contributed by atoms with E-state index in [0.717, 1.165) is 0 Å². The maximum absolute atomic E-state index is 5.96. The van der Waals surface area contributed by atoms with E-state index in [1.54, 1.807) is 0 Å². The largest absolute Gasteiger partial charge is 0.322 e. The Bertz CT molecular complexity index is 643. The number of hydrogen-bond donors (Lipinski definition) is 1. The second-order valence-corrected chi connectivity index (χ2v) is 5.88. The molecule has 0 aliphatic heterocycles. The van der Waals surface area contributed by atoms with Crippen molar-refractivity contribution in [2.45, 2.75) is 26.3 Å². The van der Waals surface area contributed by atoms with Gasteiger partial charge in [0.15, 0.2) is 0 Å². The number of nitrogens with two attached hydrogens (primary N) is 1. The van der Waals surface area contributed by atoms with Gasteiger partial charge >= 0.3 is 0 Å². The molecular formula is C20H23N. The van der Waals surface area contributed by atoms with Crippen molar-refractivity contribution in [3.05, 3.63) is 83.9 Å². The van der Waals surface area contributed by atoms with Crippen molar-refractivity contribution in [1.82, 2.24) is 0 Å². The molecule has 0 fully saturated rings.